The molecule has 4 heterocycles. The van der Waals surface area contributed by atoms with Gasteiger partial charge in [0.05, 0.1) is 24.0 Å². The lowest BCUT2D eigenvalue weighted by molar-refractivity contribution is -0.136. The molecule has 0 N–H and O–H groups in total. The van der Waals surface area contributed by atoms with Gasteiger partial charge in [-0.05, 0) is 39.3 Å². The number of carbonyl (C=O) groups excluding carboxylic acids is 1. The molecule has 0 saturated carbocycles. The number of aryl methyl sites for hydroxylation is 1. The summed E-state index contributed by atoms with van der Waals surface area (Å²) < 4.78 is 7.38. The van der Waals surface area contributed by atoms with Crippen molar-refractivity contribution in [2.75, 3.05) is 39.9 Å². The predicted molar refractivity (Wildman–Crippen MR) is 115 cm³/mol. The molecule has 0 bridgehead atoms. The van der Waals surface area contributed by atoms with Crippen LogP contribution in [0.5, 0.6) is 0 Å². The van der Waals surface area contributed by atoms with Crippen molar-refractivity contribution in [3.05, 3.63) is 40.1 Å². The van der Waals surface area contributed by atoms with Gasteiger partial charge in [0, 0.05) is 67.7 Å². The van der Waals surface area contributed by atoms with Gasteiger partial charge < -0.3 is 14.2 Å². The van der Waals surface area contributed by atoms with Gasteiger partial charge in [-0.1, -0.05) is 0 Å². The first-order valence-corrected chi connectivity index (χ1v) is 11.3. The van der Waals surface area contributed by atoms with Crippen LogP contribution in [0.3, 0.4) is 0 Å². The molecule has 2 saturated heterocycles. The minimum absolute atomic E-state index is 0.142. The van der Waals surface area contributed by atoms with Crippen LogP contribution in [0.1, 0.15) is 47.7 Å². The van der Waals surface area contributed by atoms with Crippen molar-refractivity contribution in [3.8, 4) is 0 Å². The van der Waals surface area contributed by atoms with Gasteiger partial charge in [0.25, 0.3) is 0 Å². The number of hydrogen-bond donors (Lipinski definition) is 0. The average Bonchev–Trinajstić information content (AvgIpc) is 3.44. The highest BCUT2D eigenvalue weighted by Crippen LogP contribution is 2.50. The van der Waals surface area contributed by atoms with Gasteiger partial charge in [0.1, 0.15) is 0 Å². The highest BCUT2D eigenvalue weighted by Gasteiger charge is 2.57. The molecule has 158 valence electrons. The number of carbonyl (C=O) groups is 1. The van der Waals surface area contributed by atoms with Gasteiger partial charge >= 0.3 is 0 Å². The van der Waals surface area contributed by atoms with Crippen molar-refractivity contribution in [2.45, 2.75) is 45.7 Å². The van der Waals surface area contributed by atoms with E-state index < -0.39 is 0 Å². The van der Waals surface area contributed by atoms with E-state index in [2.05, 4.69) is 48.6 Å². The smallest absolute Gasteiger partial charge is 0.230 e. The maximum absolute atomic E-state index is 13.6. The Bertz CT molecular complexity index is 861. The number of nitrogens with zero attached hydrogens (tertiary/aromatic N) is 4. The van der Waals surface area contributed by atoms with Crippen molar-refractivity contribution in [1.82, 2.24) is 19.4 Å². The molecule has 7 heteroatoms. The van der Waals surface area contributed by atoms with Gasteiger partial charge in [-0.25, -0.2) is 4.98 Å². The Morgan fingerprint density at radius 3 is 2.86 bits per heavy atom. The zero-order valence-electron chi connectivity index (χ0n) is 17.9. The summed E-state index contributed by atoms with van der Waals surface area (Å²) in [5.74, 6) is 0.423. The van der Waals surface area contributed by atoms with Gasteiger partial charge in [-0.3, -0.25) is 9.69 Å². The SMILES string of the molecule is COCCN1CCC2(CN(Cc3ccc(C)s3)CC2c2cn(C(C)C)cn2)C1=O. The Morgan fingerprint density at radius 2 is 2.21 bits per heavy atom. The summed E-state index contributed by atoms with van der Waals surface area (Å²) in [7, 11) is 1.69. The summed E-state index contributed by atoms with van der Waals surface area (Å²) in [6, 6.07) is 4.77. The highest BCUT2D eigenvalue weighted by molar-refractivity contribution is 7.11. The Hall–Kier alpha value is -1.70. The van der Waals surface area contributed by atoms with Crippen LogP contribution >= 0.6 is 11.3 Å². The topological polar surface area (TPSA) is 50.6 Å². The lowest BCUT2D eigenvalue weighted by Gasteiger charge is -2.28. The summed E-state index contributed by atoms with van der Waals surface area (Å²) in [6.07, 6.45) is 4.97. The average molecular weight is 417 g/mol. The Labute approximate surface area is 177 Å². The maximum atomic E-state index is 13.6. The first kappa shape index (κ1) is 20.6. The van der Waals surface area contributed by atoms with Crippen LogP contribution < -0.4 is 0 Å². The van der Waals surface area contributed by atoms with E-state index in [-0.39, 0.29) is 17.2 Å². The Morgan fingerprint density at radius 1 is 1.38 bits per heavy atom. The molecular weight excluding hydrogens is 384 g/mol. The molecule has 2 aliphatic rings. The number of ether oxygens (including phenoxy) is 1. The van der Waals surface area contributed by atoms with Crippen LogP contribution in [0, 0.1) is 12.3 Å². The number of likely N-dealkylation sites (tertiary alicyclic amines) is 2. The van der Waals surface area contributed by atoms with E-state index in [0.717, 1.165) is 38.3 Å². The number of aromatic nitrogens is 2. The highest BCUT2D eigenvalue weighted by atomic mass is 32.1. The molecule has 0 aromatic carbocycles. The monoisotopic (exact) mass is 416 g/mol. The lowest BCUT2D eigenvalue weighted by Crippen LogP contribution is -2.40. The predicted octanol–water partition coefficient (Wildman–Crippen LogP) is 3.30. The third-order valence-corrected chi connectivity index (χ3v) is 7.46. The van der Waals surface area contributed by atoms with Crippen molar-refractivity contribution in [2.24, 2.45) is 5.41 Å². The Kier molecular flexibility index (Phi) is 5.82. The number of rotatable bonds is 7. The van der Waals surface area contributed by atoms with Crippen molar-refractivity contribution < 1.29 is 9.53 Å². The molecule has 6 nitrogen and oxygen atoms in total. The van der Waals surface area contributed by atoms with Crippen molar-refractivity contribution in [3.63, 3.8) is 0 Å². The molecule has 2 atom stereocenters. The second-order valence-corrected chi connectivity index (χ2v) is 10.1. The van der Waals surface area contributed by atoms with Crippen LogP contribution in [0.2, 0.25) is 0 Å². The quantitative estimate of drug-likeness (QED) is 0.695. The fourth-order valence-corrected chi connectivity index (χ4v) is 5.78. The van der Waals surface area contributed by atoms with Crippen LogP contribution in [-0.2, 0) is 16.1 Å². The van der Waals surface area contributed by atoms with Crippen LogP contribution in [0.4, 0.5) is 0 Å². The lowest BCUT2D eigenvalue weighted by atomic mass is 9.75. The number of thiophene rings is 1. The largest absolute Gasteiger partial charge is 0.383 e. The second kappa shape index (κ2) is 8.20. The molecule has 29 heavy (non-hydrogen) atoms. The van der Waals surface area contributed by atoms with Crippen LogP contribution in [-0.4, -0.2) is 65.2 Å². The summed E-state index contributed by atoms with van der Waals surface area (Å²) in [5.41, 5.74) is 0.696. The molecule has 0 radical (unpaired) electrons. The molecule has 2 aromatic heterocycles. The first-order valence-electron chi connectivity index (χ1n) is 10.5. The molecule has 1 amide bonds. The summed E-state index contributed by atoms with van der Waals surface area (Å²) in [5, 5.41) is 0. The minimum atomic E-state index is -0.365. The molecule has 2 aromatic rings. The molecule has 1 spiro atoms. The molecule has 2 aliphatic heterocycles. The van der Waals surface area contributed by atoms with Gasteiger partial charge in [0.2, 0.25) is 5.91 Å². The first-order chi connectivity index (χ1) is 13.9. The zero-order chi connectivity index (χ0) is 20.6. The van der Waals surface area contributed by atoms with E-state index in [4.69, 9.17) is 9.72 Å². The van der Waals surface area contributed by atoms with E-state index in [0.29, 0.717) is 19.2 Å². The fourth-order valence-electron chi connectivity index (χ4n) is 4.85. The standard InChI is InChI=1S/C22H32N4O2S/c1-16(2)26-13-20(23-15-26)19-12-24(11-18-6-5-17(3)29-18)14-22(19)7-8-25(21(22)27)9-10-28-4/h5-6,13,15-16,19H,7-12,14H2,1-4H3. The second-order valence-electron chi connectivity index (χ2n) is 8.77. The maximum Gasteiger partial charge on any atom is 0.230 e. The van der Waals surface area contributed by atoms with E-state index in [1.807, 2.05) is 22.6 Å². The van der Waals surface area contributed by atoms with E-state index in [9.17, 15) is 4.79 Å². The summed E-state index contributed by atoms with van der Waals surface area (Å²) >= 11 is 1.85. The molecule has 2 unspecified atom stereocenters. The van der Waals surface area contributed by atoms with E-state index >= 15 is 0 Å². The van der Waals surface area contributed by atoms with Gasteiger partial charge in [-0.15, -0.1) is 11.3 Å². The van der Waals surface area contributed by atoms with Crippen LogP contribution in [0.15, 0.2) is 24.7 Å². The number of hydrogen-bond acceptors (Lipinski definition) is 5. The normalized spacial score (nSPS) is 25.2. The third-order valence-electron chi connectivity index (χ3n) is 6.47. The van der Waals surface area contributed by atoms with Gasteiger partial charge in [-0.2, -0.15) is 0 Å². The number of methoxy groups -OCH3 is 1. The summed E-state index contributed by atoms with van der Waals surface area (Å²) in [4.78, 5) is 25.5. The molecule has 2 fully saturated rings. The van der Waals surface area contributed by atoms with Crippen molar-refractivity contribution >= 4 is 17.2 Å². The van der Waals surface area contributed by atoms with E-state index in [1.54, 1.807) is 7.11 Å². The Balaban J connectivity index is 1.61. The summed E-state index contributed by atoms with van der Waals surface area (Å²) in [6.45, 7) is 11.2. The molecular formula is C22H32N4O2S. The third kappa shape index (κ3) is 3.88. The minimum Gasteiger partial charge on any atom is -0.383 e. The number of amides is 1. The molecule has 0 aliphatic carbocycles. The fraction of sp³-hybridized carbons (Fsp3) is 0.636. The van der Waals surface area contributed by atoms with Crippen molar-refractivity contribution in [1.29, 1.82) is 0 Å². The number of imidazole rings is 1. The zero-order valence-corrected chi connectivity index (χ0v) is 18.7. The van der Waals surface area contributed by atoms with Gasteiger partial charge in [0.15, 0.2) is 0 Å². The van der Waals surface area contributed by atoms with E-state index in [1.165, 1.54) is 9.75 Å². The molecule has 4 rings (SSSR count). The van der Waals surface area contributed by atoms with Crippen LogP contribution in [0.25, 0.3) is 0 Å².